The topological polar surface area (TPSA) is 17.1 Å². The molecule has 0 rings (SSSR count). The van der Waals surface area contributed by atoms with Crippen LogP contribution in [0.5, 0.6) is 0 Å². The van der Waals surface area contributed by atoms with E-state index >= 15 is 0 Å². The second-order valence-electron chi connectivity index (χ2n) is 0. The van der Waals surface area contributed by atoms with Crippen molar-refractivity contribution in [2.45, 2.75) is 0 Å². The predicted molar refractivity (Wildman–Crippen MR) is 0.686 cm³/mol. The van der Waals surface area contributed by atoms with Gasteiger partial charge >= 0.3 is 40.7 Å². The molecule has 1 nitrogen and oxygen atoms in total. The van der Waals surface area contributed by atoms with Gasteiger partial charge in [-0.3, -0.25) is 0 Å². The third-order valence-corrected chi connectivity index (χ3v) is 0. The van der Waals surface area contributed by atoms with E-state index in [4.69, 9.17) is 0.938 Å². The van der Waals surface area contributed by atoms with E-state index in [-0.39, 0.29) is 91.8 Å². The average Bonchev–Trinajstić information content (AvgIpc) is 1.00. The zero-order valence-corrected chi connectivity index (χ0v) is 9.39. The molecule has 0 aliphatic carbocycles. The number of hydrogen-bond donors (Lipinski definition) is 0. The maximum atomic E-state index is 8.39. The summed E-state index contributed by atoms with van der Waals surface area (Å²) in [6.07, 6.45) is 0. The van der Waals surface area contributed by atoms with Crippen molar-refractivity contribution in [3.05, 3.63) is 0 Å². The van der Waals surface area contributed by atoms with Gasteiger partial charge in [0.05, 0.1) is 0 Å². The summed E-state index contributed by atoms with van der Waals surface area (Å²) in [4.78, 5) is 0. The average molecular weight is 292 g/mol. The summed E-state index contributed by atoms with van der Waals surface area (Å²) in [5, 5.41) is 0. The molecule has 0 atom stereocenters. The van der Waals surface area contributed by atoms with E-state index in [1.807, 2.05) is 0 Å². The number of rotatable bonds is 0. The molecule has 4 heteroatoms. The molecule has 0 aliphatic heterocycles. The van der Waals surface area contributed by atoms with Gasteiger partial charge < -0.3 is 0 Å². The molecular weight excluding hydrogens is 292 g/mol. The van der Waals surface area contributed by atoms with E-state index in [1.165, 1.54) is 0 Å². The van der Waals surface area contributed by atoms with Crippen molar-refractivity contribution in [2.75, 3.05) is 0 Å². The van der Waals surface area contributed by atoms with Crippen LogP contribution in [0, 0.1) is 39.8 Å². The van der Waals surface area contributed by atoms with Crippen molar-refractivity contribution in [2.24, 2.45) is 0 Å². The van der Waals surface area contributed by atoms with Crippen molar-refractivity contribution >= 4 is 0 Å². The molecule has 0 bridgehead atoms. The van der Waals surface area contributed by atoms with E-state index in [9.17, 15) is 0 Å². The molecule has 0 heterocycles. The Bertz CT molecular complexity index is 8.00. The van der Waals surface area contributed by atoms with Gasteiger partial charge in [-0.2, -0.15) is 0 Å². The second kappa shape index (κ2) is 16.8. The molecule has 17 valence electrons. The Morgan fingerprint density at radius 1 is 1.25 bits per heavy atom. The Kier molecular flexibility index (Phi) is 66.2. The smallest absolute Gasteiger partial charge is 0 e. The maximum Gasteiger partial charge on any atom is 0 e. The Balaban J connectivity index is -0.00000000500. The summed E-state index contributed by atoms with van der Waals surface area (Å²) >= 11 is 0.0556. The minimum Gasteiger partial charge on any atom is 0 e. The first-order chi connectivity index (χ1) is 1.00. The van der Waals surface area contributed by atoms with Crippen molar-refractivity contribution < 1.29 is 92.8 Å². The number of hydrogen-bond acceptors (Lipinski definition) is 1. The molecule has 0 spiro atoms. The predicted octanol–water partition coefficient (Wildman–Crippen LogP) is -0.124. The molecule has 0 aromatic carbocycles. The van der Waals surface area contributed by atoms with E-state index < -0.39 is 0 Å². The van der Waals surface area contributed by atoms with E-state index in [1.54, 1.807) is 0 Å². The van der Waals surface area contributed by atoms with Gasteiger partial charge in [-0.15, -0.1) is 0 Å². The van der Waals surface area contributed by atoms with Crippen LogP contribution in [0.15, 0.2) is 0 Å². The summed E-state index contributed by atoms with van der Waals surface area (Å²) in [6.45, 7) is 0. The summed E-state index contributed by atoms with van der Waals surface area (Å²) in [5.74, 6) is 0. The van der Waals surface area contributed by atoms with Crippen LogP contribution in [-0.4, -0.2) is 0 Å². The monoisotopic (exact) mass is 291 g/mol. The largest absolute Gasteiger partial charge is 0 e. The van der Waals surface area contributed by atoms with Gasteiger partial charge in [0.2, 0.25) is 0 Å². The summed E-state index contributed by atoms with van der Waals surface area (Å²) in [7, 11) is 0. The van der Waals surface area contributed by atoms with Crippen molar-refractivity contribution in [3.8, 4) is 0 Å². The fourth-order valence-corrected chi connectivity index (χ4v) is 0. The van der Waals surface area contributed by atoms with Crippen molar-refractivity contribution in [1.29, 1.82) is 0 Å². The Morgan fingerprint density at radius 2 is 1.25 bits per heavy atom. The molecule has 0 aromatic rings. The van der Waals surface area contributed by atoms with E-state index in [2.05, 4.69) is 0 Å². The molecule has 0 N–H and O–H groups in total. The normalized spacial score (nSPS) is 0.750. The quantitative estimate of drug-likeness (QED) is 0.608. The summed E-state index contributed by atoms with van der Waals surface area (Å²) in [5.41, 5.74) is 0. The molecule has 4 heavy (non-hydrogen) atoms. The molecule has 0 aromatic heterocycles. The molecule has 0 amide bonds. The van der Waals surface area contributed by atoms with Gasteiger partial charge in [0.1, 0.15) is 0 Å². The van der Waals surface area contributed by atoms with Crippen molar-refractivity contribution in [1.82, 2.24) is 0 Å². The van der Waals surface area contributed by atoms with Crippen LogP contribution in [0.1, 0.15) is 0 Å². The molecule has 0 saturated heterocycles. The third-order valence-electron chi connectivity index (χ3n) is 0. The molecular formula is CeOScZr. The Labute approximate surface area is 90.4 Å². The first-order valence-electron chi connectivity index (χ1n) is 0.204. The van der Waals surface area contributed by atoms with Gasteiger partial charge in [-0.1, -0.05) is 0 Å². The Morgan fingerprint density at radius 3 is 1.25 bits per heavy atom. The summed E-state index contributed by atoms with van der Waals surface area (Å²) in [6, 6.07) is 0. The fourth-order valence-electron chi connectivity index (χ4n) is 0. The fraction of sp³-hybridized carbons (Fsp3) is 0. The molecule has 1 radical (unpaired) electrons. The molecule has 0 unspecified atom stereocenters. The second-order valence-corrected chi connectivity index (χ2v) is 0. The molecule has 0 fully saturated rings. The first kappa shape index (κ1) is 15.8. The molecule has 0 saturated carbocycles. The minimum absolute atomic E-state index is 0. The summed E-state index contributed by atoms with van der Waals surface area (Å²) < 4.78 is 8.39. The van der Waals surface area contributed by atoms with Gasteiger partial charge in [0.25, 0.3) is 0 Å². The molecule has 0 aliphatic rings. The van der Waals surface area contributed by atoms with Crippen LogP contribution < -0.4 is 0 Å². The van der Waals surface area contributed by atoms with Crippen LogP contribution in [0.2, 0.25) is 0 Å². The first-order valence-corrected chi connectivity index (χ1v) is 1.49. The third kappa shape index (κ3) is 8.87. The SMILES string of the molecule is [O]=[Ce].[Sc].[Zr]. The van der Waals surface area contributed by atoms with Crippen molar-refractivity contribution in [3.63, 3.8) is 0 Å². The van der Waals surface area contributed by atoms with Gasteiger partial charge in [-0.05, 0) is 0 Å². The van der Waals surface area contributed by atoms with Crippen LogP contribution in [0.3, 0.4) is 0 Å². The standard InChI is InChI=1S/Ce.O.Sc.Zr. The maximum absolute atomic E-state index is 8.39. The van der Waals surface area contributed by atoms with Gasteiger partial charge in [-0.25, -0.2) is 0 Å². The zero-order valence-electron chi connectivity index (χ0n) is 1.99. The van der Waals surface area contributed by atoms with Crippen LogP contribution in [0.4, 0.5) is 0 Å². The van der Waals surface area contributed by atoms with E-state index in [0.29, 0.717) is 0 Å². The van der Waals surface area contributed by atoms with Crippen LogP contribution in [-0.2, 0) is 53.0 Å². The van der Waals surface area contributed by atoms with Gasteiger partial charge in [0, 0.05) is 52.0 Å². The zero-order chi connectivity index (χ0) is 2.00. The Hall–Kier alpha value is 2.93. The van der Waals surface area contributed by atoms with Gasteiger partial charge in [0.15, 0.2) is 0 Å². The minimum atomic E-state index is 0. The van der Waals surface area contributed by atoms with Crippen LogP contribution in [0.25, 0.3) is 0 Å². The van der Waals surface area contributed by atoms with Crippen LogP contribution >= 0.6 is 0 Å². The van der Waals surface area contributed by atoms with E-state index in [0.717, 1.165) is 0 Å².